The first-order chi connectivity index (χ1) is 17.1. The minimum absolute atomic E-state index is 0.0667. The lowest BCUT2D eigenvalue weighted by atomic mass is 10.1. The SMILES string of the molecule is CCC(C)OP(=O)(O)Cc1ccc(NC(=O)c2cc(OCCc3ccsc3)cc(OC(C)C)c2)nc1. The highest BCUT2D eigenvalue weighted by Gasteiger charge is 2.23. The summed E-state index contributed by atoms with van der Waals surface area (Å²) in [6.07, 6.45) is 2.32. The number of nitrogens with zero attached hydrogens (tertiary/aromatic N) is 1. The molecule has 2 heterocycles. The molecule has 194 valence electrons. The number of thiophene rings is 1. The fourth-order valence-corrected chi connectivity index (χ4v) is 5.39. The first kappa shape index (κ1) is 27.9. The Morgan fingerprint density at radius 2 is 1.92 bits per heavy atom. The average Bonchev–Trinajstić information content (AvgIpc) is 3.32. The second-order valence-electron chi connectivity index (χ2n) is 8.72. The molecule has 0 spiro atoms. The van der Waals surface area contributed by atoms with Gasteiger partial charge >= 0.3 is 7.60 Å². The van der Waals surface area contributed by atoms with Gasteiger partial charge in [-0.2, -0.15) is 11.3 Å². The summed E-state index contributed by atoms with van der Waals surface area (Å²) in [5.41, 5.74) is 2.10. The molecule has 0 aliphatic heterocycles. The number of hydrogen-bond donors (Lipinski definition) is 2. The zero-order chi connectivity index (χ0) is 26.1. The number of aromatic nitrogens is 1. The topological polar surface area (TPSA) is 107 Å². The smallest absolute Gasteiger partial charge is 0.332 e. The van der Waals surface area contributed by atoms with Crippen LogP contribution in [-0.2, 0) is 21.7 Å². The van der Waals surface area contributed by atoms with Crippen LogP contribution < -0.4 is 14.8 Å². The number of pyridine rings is 1. The maximum absolute atomic E-state index is 13.0. The largest absolute Gasteiger partial charge is 0.493 e. The van der Waals surface area contributed by atoms with Crippen molar-refractivity contribution in [3.05, 3.63) is 70.0 Å². The molecular formula is C26H33N2O6PS. The van der Waals surface area contributed by atoms with Crippen LogP contribution in [0.3, 0.4) is 0 Å². The molecule has 2 unspecified atom stereocenters. The van der Waals surface area contributed by atoms with Crippen molar-refractivity contribution in [1.82, 2.24) is 4.98 Å². The van der Waals surface area contributed by atoms with E-state index in [2.05, 4.69) is 21.7 Å². The van der Waals surface area contributed by atoms with Crippen molar-refractivity contribution in [3.8, 4) is 11.5 Å². The molecule has 0 radical (unpaired) electrons. The summed E-state index contributed by atoms with van der Waals surface area (Å²) >= 11 is 1.64. The third-order valence-corrected chi connectivity index (χ3v) is 7.31. The third kappa shape index (κ3) is 9.06. The monoisotopic (exact) mass is 532 g/mol. The molecule has 0 aliphatic rings. The predicted molar refractivity (Wildman–Crippen MR) is 142 cm³/mol. The number of ether oxygens (including phenoxy) is 2. The molecule has 0 saturated carbocycles. The molecule has 0 fully saturated rings. The van der Waals surface area contributed by atoms with Crippen molar-refractivity contribution in [2.24, 2.45) is 0 Å². The van der Waals surface area contributed by atoms with Crippen molar-refractivity contribution >= 4 is 30.7 Å². The number of carbonyl (C=O) groups excluding carboxylic acids is 1. The molecule has 1 aromatic carbocycles. The van der Waals surface area contributed by atoms with Crippen LogP contribution in [-0.4, -0.2) is 34.6 Å². The number of hydrogen-bond acceptors (Lipinski definition) is 7. The Bertz CT molecular complexity index is 1170. The van der Waals surface area contributed by atoms with Crippen LogP contribution in [0.4, 0.5) is 5.82 Å². The van der Waals surface area contributed by atoms with E-state index in [4.69, 9.17) is 14.0 Å². The zero-order valence-corrected chi connectivity index (χ0v) is 22.7. The summed E-state index contributed by atoms with van der Waals surface area (Å²) in [6.45, 7) is 7.93. The summed E-state index contributed by atoms with van der Waals surface area (Å²) in [6, 6.07) is 10.4. The lowest BCUT2D eigenvalue weighted by Crippen LogP contribution is -2.14. The number of nitrogens with one attached hydrogen (secondary N) is 1. The van der Waals surface area contributed by atoms with Crippen molar-refractivity contribution in [2.75, 3.05) is 11.9 Å². The van der Waals surface area contributed by atoms with Crippen molar-refractivity contribution in [3.63, 3.8) is 0 Å². The Hall–Kier alpha value is -2.71. The van der Waals surface area contributed by atoms with E-state index in [1.807, 2.05) is 26.2 Å². The van der Waals surface area contributed by atoms with E-state index in [0.717, 1.165) is 6.42 Å². The Labute approximate surface area is 216 Å². The van der Waals surface area contributed by atoms with Gasteiger partial charge in [-0.1, -0.05) is 13.0 Å². The normalized spacial score (nSPS) is 13.7. The second kappa shape index (κ2) is 13.0. The maximum Gasteiger partial charge on any atom is 0.332 e. The van der Waals surface area contributed by atoms with Crippen molar-refractivity contribution in [2.45, 2.75) is 58.9 Å². The molecule has 3 aromatic rings. The molecule has 0 saturated heterocycles. The minimum Gasteiger partial charge on any atom is -0.493 e. The fourth-order valence-electron chi connectivity index (χ4n) is 3.25. The molecule has 2 atom stereocenters. The number of rotatable bonds is 13. The molecule has 2 N–H and O–H groups in total. The van der Waals surface area contributed by atoms with E-state index < -0.39 is 7.60 Å². The Morgan fingerprint density at radius 3 is 2.56 bits per heavy atom. The number of amides is 1. The summed E-state index contributed by atoms with van der Waals surface area (Å²) in [4.78, 5) is 27.3. The Kier molecular flexibility index (Phi) is 10.1. The molecule has 0 aliphatic carbocycles. The van der Waals surface area contributed by atoms with Crippen LogP contribution in [0.5, 0.6) is 11.5 Å². The van der Waals surface area contributed by atoms with Crippen LogP contribution in [0.25, 0.3) is 0 Å². The van der Waals surface area contributed by atoms with E-state index in [0.29, 0.717) is 41.5 Å². The van der Waals surface area contributed by atoms with E-state index in [1.54, 1.807) is 48.6 Å². The van der Waals surface area contributed by atoms with Crippen LogP contribution in [0.15, 0.2) is 53.4 Å². The van der Waals surface area contributed by atoms with Gasteiger partial charge in [-0.15, -0.1) is 0 Å². The molecule has 10 heteroatoms. The number of carbonyl (C=O) groups is 1. The summed E-state index contributed by atoms with van der Waals surface area (Å²) in [7, 11) is -3.78. The fraction of sp³-hybridized carbons (Fsp3) is 0.385. The summed E-state index contributed by atoms with van der Waals surface area (Å²) in [5.74, 6) is 1.01. The highest BCUT2D eigenvalue weighted by Crippen LogP contribution is 2.47. The number of benzene rings is 1. The van der Waals surface area contributed by atoms with Gasteiger partial charge in [0.1, 0.15) is 17.3 Å². The van der Waals surface area contributed by atoms with Gasteiger partial charge in [0.05, 0.1) is 25.0 Å². The average molecular weight is 533 g/mol. The predicted octanol–water partition coefficient (Wildman–Crippen LogP) is 6.30. The lowest BCUT2D eigenvalue weighted by molar-refractivity contribution is 0.102. The van der Waals surface area contributed by atoms with Gasteiger partial charge in [0.2, 0.25) is 0 Å². The van der Waals surface area contributed by atoms with E-state index >= 15 is 0 Å². The molecule has 0 bridgehead atoms. The van der Waals surface area contributed by atoms with Crippen molar-refractivity contribution in [1.29, 1.82) is 0 Å². The third-order valence-electron chi connectivity index (χ3n) is 5.12. The van der Waals surface area contributed by atoms with Crippen LogP contribution >= 0.6 is 18.9 Å². The highest BCUT2D eigenvalue weighted by molar-refractivity contribution is 7.52. The molecule has 8 nitrogen and oxygen atoms in total. The van der Waals surface area contributed by atoms with E-state index in [9.17, 15) is 14.3 Å². The van der Waals surface area contributed by atoms with Gasteiger partial charge in [-0.3, -0.25) is 9.36 Å². The molecule has 3 rings (SSSR count). The van der Waals surface area contributed by atoms with Crippen LogP contribution in [0.2, 0.25) is 0 Å². The maximum atomic E-state index is 13.0. The quantitative estimate of drug-likeness (QED) is 0.249. The highest BCUT2D eigenvalue weighted by atomic mass is 32.1. The van der Waals surface area contributed by atoms with Gasteiger partial charge < -0.3 is 24.2 Å². The first-order valence-electron chi connectivity index (χ1n) is 11.9. The van der Waals surface area contributed by atoms with Crippen molar-refractivity contribution < 1.29 is 28.3 Å². The molecule has 2 aromatic heterocycles. The molecule has 1 amide bonds. The van der Waals surface area contributed by atoms with Crippen LogP contribution in [0.1, 0.15) is 55.6 Å². The number of anilines is 1. The second-order valence-corrected chi connectivity index (χ2v) is 11.3. The first-order valence-corrected chi connectivity index (χ1v) is 14.6. The zero-order valence-electron chi connectivity index (χ0n) is 21.0. The van der Waals surface area contributed by atoms with Crippen LogP contribution in [0, 0.1) is 0 Å². The molecular weight excluding hydrogens is 499 g/mol. The Balaban J connectivity index is 1.67. The van der Waals surface area contributed by atoms with Gasteiger partial charge in [0.25, 0.3) is 5.91 Å². The summed E-state index contributed by atoms with van der Waals surface area (Å²) < 4.78 is 29.2. The molecule has 36 heavy (non-hydrogen) atoms. The van der Waals surface area contributed by atoms with Gasteiger partial charge in [-0.25, -0.2) is 4.98 Å². The van der Waals surface area contributed by atoms with E-state index in [-0.39, 0.29) is 24.3 Å². The van der Waals surface area contributed by atoms with Gasteiger partial charge in [0, 0.05) is 24.2 Å². The lowest BCUT2D eigenvalue weighted by Gasteiger charge is -2.16. The minimum atomic E-state index is -3.78. The summed E-state index contributed by atoms with van der Waals surface area (Å²) in [5, 5.41) is 6.86. The van der Waals surface area contributed by atoms with E-state index in [1.165, 1.54) is 11.8 Å². The standard InChI is InChI=1S/C26H33N2O6PS/c1-5-19(4)34-35(30,31)16-21-6-7-25(27-15-21)28-26(29)22-12-23(14-24(13-22)33-18(2)3)32-10-8-20-9-11-36-17-20/h6-7,9,11-15,17-19H,5,8,10,16H2,1-4H3,(H,30,31)(H,27,28,29). The van der Waals surface area contributed by atoms with Gasteiger partial charge in [-0.05, 0) is 73.3 Å². The van der Waals surface area contributed by atoms with Gasteiger partial charge in [0.15, 0.2) is 0 Å². The Morgan fingerprint density at radius 1 is 1.14 bits per heavy atom.